The number of carbonyl (C=O) groups is 1. The maximum absolute atomic E-state index is 10.9. The summed E-state index contributed by atoms with van der Waals surface area (Å²) in [5.74, 6) is 0.243. The van der Waals surface area contributed by atoms with E-state index in [2.05, 4.69) is 4.74 Å². The lowest BCUT2D eigenvalue weighted by molar-refractivity contribution is 0.207. The largest absolute Gasteiger partial charge is 0.427 e. The molecule has 1 aromatic carbocycles. The molecule has 82 valence electrons. The predicted octanol–water partition coefficient (Wildman–Crippen LogP) is 1.57. The fraction of sp³-hybridized carbons (Fsp3) is 0.125. The number of hydrogen-bond donors (Lipinski definition) is 1. The maximum atomic E-state index is 10.9. The molecule has 0 saturated heterocycles. The Balaban J connectivity index is 2.67. The molecule has 0 aliphatic heterocycles. The Morgan fingerprint density at radius 3 is 2.67 bits per heavy atom. The average Bonchev–Trinajstić information content (AvgIpc) is 1.99. The summed E-state index contributed by atoms with van der Waals surface area (Å²) < 4.78 is 27.0. The normalized spacial score (nSPS) is 10.8. The molecule has 1 rings (SSSR count). The van der Waals surface area contributed by atoms with E-state index >= 15 is 0 Å². The van der Waals surface area contributed by atoms with E-state index in [4.69, 9.17) is 10.7 Å². The van der Waals surface area contributed by atoms with E-state index < -0.39 is 15.3 Å². The topological polar surface area (TPSA) is 72.5 Å². The predicted molar refractivity (Wildman–Crippen MR) is 55.1 cm³/mol. The van der Waals surface area contributed by atoms with Gasteiger partial charge in [-0.3, -0.25) is 0 Å². The van der Waals surface area contributed by atoms with Gasteiger partial charge >= 0.3 is 15.3 Å². The first-order chi connectivity index (χ1) is 6.87. The van der Waals surface area contributed by atoms with Gasteiger partial charge in [-0.15, -0.1) is 0 Å². The van der Waals surface area contributed by atoms with Crippen LogP contribution in [-0.2, 0) is 9.24 Å². The summed E-state index contributed by atoms with van der Waals surface area (Å²) in [5, 5.41) is 0. The molecule has 1 amide bonds. The highest BCUT2D eigenvalue weighted by Crippen LogP contribution is 2.12. The lowest BCUT2D eigenvalue weighted by Gasteiger charge is -2.04. The second-order valence-corrected chi connectivity index (χ2v) is 5.04. The van der Waals surface area contributed by atoms with Crippen molar-refractivity contribution >= 4 is 26.0 Å². The van der Waals surface area contributed by atoms with Crippen LogP contribution in [0.15, 0.2) is 24.3 Å². The Morgan fingerprint density at radius 2 is 2.13 bits per heavy atom. The zero-order valence-corrected chi connectivity index (χ0v) is 9.30. The summed E-state index contributed by atoms with van der Waals surface area (Å²) in [6, 6.07) is 6.59. The van der Waals surface area contributed by atoms with Gasteiger partial charge in [0.1, 0.15) is 5.75 Å². The van der Waals surface area contributed by atoms with E-state index in [1.807, 2.05) is 13.0 Å². The van der Waals surface area contributed by atoms with Crippen molar-refractivity contribution in [2.45, 2.75) is 6.92 Å². The van der Waals surface area contributed by atoms with Gasteiger partial charge in [-0.1, -0.05) is 12.1 Å². The zero-order valence-electron chi connectivity index (χ0n) is 7.73. The second kappa shape index (κ2) is 4.50. The first kappa shape index (κ1) is 11.8. The number of benzene rings is 1. The van der Waals surface area contributed by atoms with Crippen molar-refractivity contribution in [2.24, 2.45) is 0 Å². The molecule has 0 aliphatic carbocycles. The highest BCUT2D eigenvalue weighted by Gasteiger charge is 2.12. The smallest absolute Gasteiger partial charge is 0.410 e. The third-order valence-corrected chi connectivity index (χ3v) is 2.05. The van der Waals surface area contributed by atoms with Crippen LogP contribution in [0, 0.1) is 6.92 Å². The van der Waals surface area contributed by atoms with Gasteiger partial charge < -0.3 is 4.74 Å². The van der Waals surface area contributed by atoms with Crippen molar-refractivity contribution < 1.29 is 17.9 Å². The molecule has 15 heavy (non-hydrogen) atoms. The van der Waals surface area contributed by atoms with Crippen LogP contribution in [0.25, 0.3) is 0 Å². The molecule has 0 saturated carbocycles. The van der Waals surface area contributed by atoms with E-state index in [1.165, 1.54) is 10.8 Å². The third kappa shape index (κ3) is 4.66. The number of halogens is 1. The van der Waals surface area contributed by atoms with Crippen LogP contribution in [0.1, 0.15) is 5.56 Å². The van der Waals surface area contributed by atoms with Crippen molar-refractivity contribution in [1.29, 1.82) is 0 Å². The number of aryl methyl sites for hydroxylation is 1. The molecule has 0 fully saturated rings. The standard InChI is InChI=1S/C8H8ClNO4S/c1-6-3-2-4-7(5-6)14-8(11)10-15(9,12)13/h2-5H,1H3,(H,10,11). The third-order valence-electron chi connectivity index (χ3n) is 1.41. The molecule has 0 heterocycles. The minimum absolute atomic E-state index is 0.243. The van der Waals surface area contributed by atoms with Gasteiger partial charge in [-0.25, -0.2) is 9.52 Å². The van der Waals surface area contributed by atoms with Crippen molar-refractivity contribution in [3.63, 3.8) is 0 Å². The fourth-order valence-electron chi connectivity index (χ4n) is 0.906. The van der Waals surface area contributed by atoms with Gasteiger partial charge in [0.2, 0.25) is 0 Å². The van der Waals surface area contributed by atoms with Crippen LogP contribution in [-0.4, -0.2) is 14.5 Å². The van der Waals surface area contributed by atoms with Gasteiger partial charge in [0, 0.05) is 10.7 Å². The number of rotatable bonds is 2. The van der Waals surface area contributed by atoms with E-state index in [-0.39, 0.29) is 5.75 Å². The Morgan fingerprint density at radius 1 is 1.47 bits per heavy atom. The highest BCUT2D eigenvalue weighted by atomic mass is 35.7. The van der Waals surface area contributed by atoms with Gasteiger partial charge in [-0.05, 0) is 24.6 Å². The molecular formula is C8H8ClNO4S. The van der Waals surface area contributed by atoms with Crippen LogP contribution in [0.2, 0.25) is 0 Å². The number of hydrogen-bond acceptors (Lipinski definition) is 4. The van der Waals surface area contributed by atoms with E-state index in [0.717, 1.165) is 5.56 Å². The molecule has 0 bridgehead atoms. The first-order valence-corrected chi connectivity index (χ1v) is 6.18. The molecule has 0 unspecified atom stereocenters. The summed E-state index contributed by atoms with van der Waals surface area (Å²) in [6.45, 7) is 1.81. The minimum Gasteiger partial charge on any atom is -0.410 e. The van der Waals surface area contributed by atoms with Crippen molar-refractivity contribution in [1.82, 2.24) is 4.72 Å². The van der Waals surface area contributed by atoms with Crippen LogP contribution in [0.3, 0.4) is 0 Å². The number of carbonyl (C=O) groups excluding carboxylic acids is 1. The lowest BCUT2D eigenvalue weighted by atomic mass is 10.2. The Labute approximate surface area is 91.6 Å². The molecule has 1 aromatic rings. The molecule has 0 aliphatic rings. The van der Waals surface area contributed by atoms with Crippen molar-refractivity contribution in [2.75, 3.05) is 0 Å². The second-order valence-electron chi connectivity index (χ2n) is 2.75. The molecule has 0 atom stereocenters. The first-order valence-electron chi connectivity index (χ1n) is 3.88. The molecular weight excluding hydrogens is 242 g/mol. The summed E-state index contributed by atoms with van der Waals surface area (Å²) >= 11 is 0. The van der Waals surface area contributed by atoms with Gasteiger partial charge in [0.25, 0.3) is 0 Å². The van der Waals surface area contributed by atoms with Gasteiger partial charge in [-0.2, -0.15) is 8.42 Å². The number of ether oxygens (including phenoxy) is 1. The molecule has 0 radical (unpaired) electrons. The summed E-state index contributed by atoms with van der Waals surface area (Å²) in [7, 11) is 0.680. The van der Waals surface area contributed by atoms with Crippen LogP contribution >= 0.6 is 10.7 Å². The SMILES string of the molecule is Cc1cccc(OC(=O)NS(=O)(=O)Cl)c1. The fourth-order valence-corrected chi connectivity index (χ4v) is 1.34. The Kier molecular flexibility index (Phi) is 3.54. The van der Waals surface area contributed by atoms with Gasteiger partial charge in [0.05, 0.1) is 0 Å². The van der Waals surface area contributed by atoms with Crippen LogP contribution in [0.5, 0.6) is 5.75 Å². The minimum atomic E-state index is -4.11. The number of amides is 1. The zero-order chi connectivity index (χ0) is 11.5. The molecule has 1 N–H and O–H groups in total. The monoisotopic (exact) mass is 249 g/mol. The van der Waals surface area contributed by atoms with Crippen LogP contribution in [0.4, 0.5) is 4.79 Å². The Bertz CT molecular complexity index is 471. The Hall–Kier alpha value is -1.27. The van der Waals surface area contributed by atoms with E-state index in [1.54, 1.807) is 12.1 Å². The number of nitrogens with one attached hydrogen (secondary N) is 1. The maximum Gasteiger partial charge on any atom is 0.427 e. The summed E-state index contributed by atoms with van der Waals surface area (Å²) in [5.41, 5.74) is 0.883. The highest BCUT2D eigenvalue weighted by molar-refractivity contribution is 8.12. The van der Waals surface area contributed by atoms with Gasteiger partial charge in [0.15, 0.2) is 0 Å². The summed E-state index contributed by atoms with van der Waals surface area (Å²) in [4.78, 5) is 10.9. The van der Waals surface area contributed by atoms with E-state index in [0.29, 0.717) is 0 Å². The average molecular weight is 250 g/mol. The van der Waals surface area contributed by atoms with Crippen molar-refractivity contribution in [3.05, 3.63) is 29.8 Å². The van der Waals surface area contributed by atoms with Crippen LogP contribution < -0.4 is 9.46 Å². The van der Waals surface area contributed by atoms with E-state index in [9.17, 15) is 13.2 Å². The molecule has 7 heteroatoms. The van der Waals surface area contributed by atoms with Crippen molar-refractivity contribution in [3.8, 4) is 5.75 Å². The molecule has 0 aromatic heterocycles. The quantitative estimate of drug-likeness (QED) is 0.808. The molecule has 0 spiro atoms. The molecule has 5 nitrogen and oxygen atoms in total. The lowest BCUT2D eigenvalue weighted by Crippen LogP contribution is -2.29. The summed E-state index contributed by atoms with van der Waals surface area (Å²) in [6.07, 6.45) is -1.14.